The molecular formula is C13H20N2O4. The van der Waals surface area contributed by atoms with E-state index in [0.717, 1.165) is 12.8 Å². The first kappa shape index (κ1) is 14.0. The number of carbonyl (C=O) groups excluding carboxylic acids is 3. The number of primary amides is 1. The maximum absolute atomic E-state index is 12.2. The molecule has 2 heterocycles. The highest BCUT2D eigenvalue weighted by Crippen LogP contribution is 2.27. The summed E-state index contributed by atoms with van der Waals surface area (Å²) in [5.41, 5.74) is 5.17. The van der Waals surface area contributed by atoms with E-state index in [2.05, 4.69) is 0 Å². The molecule has 6 heteroatoms. The third kappa shape index (κ3) is 2.94. The van der Waals surface area contributed by atoms with E-state index in [1.54, 1.807) is 11.8 Å². The van der Waals surface area contributed by atoms with E-state index in [-0.39, 0.29) is 36.7 Å². The molecule has 106 valence electrons. The minimum atomic E-state index is -0.412. The van der Waals surface area contributed by atoms with Gasteiger partial charge in [0.15, 0.2) is 5.78 Å². The van der Waals surface area contributed by atoms with Gasteiger partial charge in [-0.05, 0) is 19.3 Å². The van der Waals surface area contributed by atoms with Crippen molar-refractivity contribution in [2.75, 3.05) is 13.2 Å². The number of hydrogen-bond acceptors (Lipinski definition) is 4. The minimum Gasteiger partial charge on any atom is -0.369 e. The van der Waals surface area contributed by atoms with Gasteiger partial charge in [0.25, 0.3) is 0 Å². The van der Waals surface area contributed by atoms with Gasteiger partial charge in [-0.1, -0.05) is 6.92 Å². The molecule has 2 amide bonds. The predicted octanol–water partition coefficient (Wildman–Crippen LogP) is -0.153. The van der Waals surface area contributed by atoms with Gasteiger partial charge in [0.1, 0.15) is 12.6 Å². The summed E-state index contributed by atoms with van der Waals surface area (Å²) in [6.07, 6.45) is 2.22. The van der Waals surface area contributed by atoms with Gasteiger partial charge in [0.2, 0.25) is 11.8 Å². The van der Waals surface area contributed by atoms with Gasteiger partial charge in [-0.3, -0.25) is 14.4 Å². The lowest BCUT2D eigenvalue weighted by Crippen LogP contribution is -2.52. The molecule has 2 aliphatic rings. The normalized spacial score (nSPS) is 28.1. The summed E-state index contributed by atoms with van der Waals surface area (Å²) in [6, 6.07) is -0.412. The minimum absolute atomic E-state index is 0.0130. The molecule has 3 atom stereocenters. The van der Waals surface area contributed by atoms with Gasteiger partial charge in [-0.15, -0.1) is 0 Å². The molecule has 0 aromatic heterocycles. The van der Waals surface area contributed by atoms with Crippen molar-refractivity contribution in [1.29, 1.82) is 0 Å². The van der Waals surface area contributed by atoms with Gasteiger partial charge < -0.3 is 15.4 Å². The van der Waals surface area contributed by atoms with Crippen LogP contribution >= 0.6 is 0 Å². The Kier molecular flexibility index (Phi) is 4.19. The first-order chi connectivity index (χ1) is 9.00. The van der Waals surface area contributed by atoms with Gasteiger partial charge >= 0.3 is 0 Å². The first-order valence-electron chi connectivity index (χ1n) is 6.74. The van der Waals surface area contributed by atoms with Crippen LogP contribution in [0, 0.1) is 5.92 Å². The second-order valence-corrected chi connectivity index (χ2v) is 5.33. The largest absolute Gasteiger partial charge is 0.369 e. The number of piperidine rings is 1. The molecule has 2 N–H and O–H groups in total. The Hall–Kier alpha value is -1.43. The highest BCUT2D eigenvalue weighted by Gasteiger charge is 2.43. The van der Waals surface area contributed by atoms with Crippen LogP contribution in [0.1, 0.15) is 32.6 Å². The van der Waals surface area contributed by atoms with Gasteiger partial charge in [-0.2, -0.15) is 0 Å². The number of likely N-dealkylation sites (tertiary alicyclic amines) is 1. The molecule has 0 saturated carbocycles. The Morgan fingerprint density at radius 2 is 2.26 bits per heavy atom. The molecule has 2 fully saturated rings. The molecule has 0 aromatic carbocycles. The lowest BCUT2D eigenvalue weighted by molar-refractivity contribution is -0.141. The van der Waals surface area contributed by atoms with Crippen molar-refractivity contribution < 1.29 is 19.1 Å². The smallest absolute Gasteiger partial charge is 0.223 e. The van der Waals surface area contributed by atoms with Crippen LogP contribution in [-0.2, 0) is 19.1 Å². The maximum atomic E-state index is 12.2. The highest BCUT2D eigenvalue weighted by molar-refractivity contribution is 5.92. The zero-order chi connectivity index (χ0) is 14.0. The van der Waals surface area contributed by atoms with E-state index < -0.39 is 11.9 Å². The summed E-state index contributed by atoms with van der Waals surface area (Å²) >= 11 is 0. The number of nitrogens with two attached hydrogens (primary N) is 1. The summed E-state index contributed by atoms with van der Waals surface area (Å²) in [6.45, 7) is 2.41. The summed E-state index contributed by atoms with van der Waals surface area (Å²) in [5.74, 6) is -0.813. The molecule has 3 unspecified atom stereocenters. The quantitative estimate of drug-likeness (QED) is 0.767. The van der Waals surface area contributed by atoms with Crippen LogP contribution in [0.5, 0.6) is 0 Å². The molecule has 2 saturated heterocycles. The van der Waals surface area contributed by atoms with Crippen molar-refractivity contribution in [2.24, 2.45) is 11.7 Å². The number of carbonyl (C=O) groups is 3. The fourth-order valence-corrected chi connectivity index (χ4v) is 2.70. The number of ketones is 1. The third-order valence-corrected chi connectivity index (χ3v) is 3.94. The fraction of sp³-hybridized carbons (Fsp3) is 0.769. The molecule has 6 nitrogen and oxygen atoms in total. The van der Waals surface area contributed by atoms with Crippen LogP contribution in [0.25, 0.3) is 0 Å². The van der Waals surface area contributed by atoms with Crippen molar-refractivity contribution in [3.63, 3.8) is 0 Å². The van der Waals surface area contributed by atoms with Crippen LogP contribution in [0.2, 0.25) is 0 Å². The number of Topliss-reactive ketones (excluding diaryl/α,β-unsaturated/α-hetero) is 1. The number of fused-ring (bicyclic) bond motifs is 1. The molecule has 0 aromatic rings. The molecule has 19 heavy (non-hydrogen) atoms. The summed E-state index contributed by atoms with van der Waals surface area (Å²) in [7, 11) is 0. The van der Waals surface area contributed by atoms with E-state index in [1.165, 1.54) is 0 Å². The van der Waals surface area contributed by atoms with E-state index >= 15 is 0 Å². The lowest BCUT2D eigenvalue weighted by atomic mass is 9.96. The topological polar surface area (TPSA) is 89.7 Å². The van der Waals surface area contributed by atoms with Gasteiger partial charge in [-0.25, -0.2) is 0 Å². The average Bonchev–Trinajstić information content (AvgIpc) is 2.77. The van der Waals surface area contributed by atoms with Crippen LogP contribution in [0.3, 0.4) is 0 Å². The van der Waals surface area contributed by atoms with Crippen LogP contribution in [0.4, 0.5) is 0 Å². The molecule has 0 spiro atoms. The van der Waals surface area contributed by atoms with Gasteiger partial charge in [0, 0.05) is 18.9 Å². The summed E-state index contributed by atoms with van der Waals surface area (Å²) < 4.78 is 5.40. The zero-order valence-electron chi connectivity index (χ0n) is 11.1. The van der Waals surface area contributed by atoms with Crippen LogP contribution < -0.4 is 5.73 Å². The van der Waals surface area contributed by atoms with E-state index in [1.807, 2.05) is 0 Å². The van der Waals surface area contributed by atoms with E-state index in [4.69, 9.17) is 10.5 Å². The highest BCUT2D eigenvalue weighted by atomic mass is 16.5. The molecule has 0 aliphatic carbocycles. The van der Waals surface area contributed by atoms with E-state index in [9.17, 15) is 14.4 Å². The number of hydrogen-bond donors (Lipinski definition) is 1. The van der Waals surface area contributed by atoms with Gasteiger partial charge in [0.05, 0.1) is 6.10 Å². The fourth-order valence-electron chi connectivity index (χ4n) is 2.70. The number of nitrogens with zero attached hydrogens (tertiary/aromatic N) is 1. The summed E-state index contributed by atoms with van der Waals surface area (Å²) in [5, 5.41) is 0. The van der Waals surface area contributed by atoms with Crippen LogP contribution in [0.15, 0.2) is 0 Å². The van der Waals surface area contributed by atoms with Crippen molar-refractivity contribution >= 4 is 17.6 Å². The Balaban J connectivity index is 1.94. The molecule has 2 rings (SSSR count). The monoisotopic (exact) mass is 268 g/mol. The molecular weight excluding hydrogens is 248 g/mol. The lowest BCUT2D eigenvalue weighted by Gasteiger charge is -2.35. The zero-order valence-corrected chi connectivity index (χ0v) is 11.1. The molecule has 0 radical (unpaired) electrons. The second kappa shape index (κ2) is 5.69. The number of ether oxygens (including phenoxy) is 1. The Morgan fingerprint density at radius 1 is 1.53 bits per heavy atom. The standard InChI is InChI=1S/C13H20N2O4/c1-8(13(14)18)4-5-11(17)15-6-2-3-10-12(15)9(16)7-19-10/h8,10,12H,2-7H2,1H3,(H2,14,18). The average molecular weight is 268 g/mol. The molecule has 0 bridgehead atoms. The predicted molar refractivity (Wildman–Crippen MR) is 67.1 cm³/mol. The Bertz CT molecular complexity index is 396. The maximum Gasteiger partial charge on any atom is 0.223 e. The van der Waals surface area contributed by atoms with E-state index in [0.29, 0.717) is 13.0 Å². The van der Waals surface area contributed by atoms with Crippen molar-refractivity contribution in [2.45, 2.75) is 44.8 Å². The third-order valence-electron chi connectivity index (χ3n) is 3.94. The Morgan fingerprint density at radius 3 is 2.95 bits per heavy atom. The molecule has 2 aliphatic heterocycles. The van der Waals surface area contributed by atoms with Crippen molar-refractivity contribution in [3.8, 4) is 0 Å². The van der Waals surface area contributed by atoms with Crippen LogP contribution in [-0.4, -0.2) is 47.8 Å². The van der Waals surface area contributed by atoms with Crippen molar-refractivity contribution in [1.82, 2.24) is 4.90 Å². The number of amides is 2. The Labute approximate surface area is 112 Å². The summed E-state index contributed by atoms with van der Waals surface area (Å²) in [4.78, 5) is 36.5. The van der Waals surface area contributed by atoms with Crippen molar-refractivity contribution in [3.05, 3.63) is 0 Å². The first-order valence-corrected chi connectivity index (χ1v) is 6.74. The SMILES string of the molecule is CC(CCC(=O)N1CCCC2OCC(=O)C21)C(N)=O. The number of rotatable bonds is 4. The second-order valence-electron chi connectivity index (χ2n) is 5.33.